The van der Waals surface area contributed by atoms with Crippen LogP contribution in [0.5, 0.6) is 0 Å². The van der Waals surface area contributed by atoms with E-state index in [1.165, 1.54) is 8.61 Å². The molecule has 0 aliphatic rings. The van der Waals surface area contributed by atoms with Gasteiger partial charge >= 0.3 is 0 Å². The van der Waals surface area contributed by atoms with Crippen LogP contribution in [0.25, 0.3) is 11.3 Å². The SMILES string of the molecule is Cc1ccc(S(=O)(=O)N(Cc2ccccc2)c2nc(-c3ccccc3)c(C)c(N(Cc3ccccc3)S(=O)(=O)c3ccc(C)cc3)c2C)cc1. The number of aromatic nitrogens is 1. The molecule has 0 N–H and O–H groups in total. The summed E-state index contributed by atoms with van der Waals surface area (Å²) in [6, 6.07) is 41.6. The van der Waals surface area contributed by atoms with Crippen molar-refractivity contribution in [1.29, 1.82) is 0 Å². The third-order valence-corrected chi connectivity index (χ3v) is 12.2. The quantitative estimate of drug-likeness (QED) is 0.135. The van der Waals surface area contributed by atoms with E-state index in [-0.39, 0.29) is 28.7 Å². The predicted molar refractivity (Wildman–Crippen MR) is 201 cm³/mol. The zero-order valence-electron chi connectivity index (χ0n) is 28.5. The van der Waals surface area contributed by atoms with Gasteiger partial charge < -0.3 is 0 Å². The number of anilines is 2. The monoisotopic (exact) mass is 701 g/mol. The fourth-order valence-corrected chi connectivity index (χ4v) is 9.02. The van der Waals surface area contributed by atoms with Crippen LogP contribution >= 0.6 is 0 Å². The summed E-state index contributed by atoms with van der Waals surface area (Å²) in [7, 11) is -8.36. The lowest BCUT2D eigenvalue weighted by atomic mass is 10.0. The molecule has 0 saturated heterocycles. The number of aryl methyl sites for hydroxylation is 2. The summed E-state index contributed by atoms with van der Waals surface area (Å²) in [6.45, 7) is 7.40. The highest BCUT2D eigenvalue weighted by molar-refractivity contribution is 7.93. The molecule has 0 spiro atoms. The molecule has 0 aliphatic carbocycles. The summed E-state index contributed by atoms with van der Waals surface area (Å²) in [4.78, 5) is 5.33. The lowest BCUT2D eigenvalue weighted by molar-refractivity contribution is 0.589. The molecular formula is C41H39N3O4S2. The highest BCUT2D eigenvalue weighted by atomic mass is 32.2. The normalized spacial score (nSPS) is 11.7. The number of sulfonamides is 2. The molecule has 0 unspecified atom stereocenters. The molecule has 254 valence electrons. The van der Waals surface area contributed by atoms with Gasteiger partial charge in [-0.2, -0.15) is 0 Å². The molecule has 6 rings (SSSR count). The molecule has 0 amide bonds. The minimum absolute atomic E-state index is 0.0137. The highest BCUT2D eigenvalue weighted by Gasteiger charge is 2.34. The Morgan fingerprint density at radius 2 is 0.880 bits per heavy atom. The second kappa shape index (κ2) is 14.3. The van der Waals surface area contributed by atoms with Crippen molar-refractivity contribution >= 4 is 31.6 Å². The standard InChI is InChI=1S/C41H39N3O4S2/c1-30-20-24-37(25-21-30)49(45,46)43(28-34-14-8-5-9-15-34)40-32(3)39(36-18-12-7-13-19-36)42-41(33(40)4)44(29-35-16-10-6-11-17-35)50(47,48)38-26-22-31(2)23-27-38/h5-27H,28-29H2,1-4H3. The zero-order chi connectivity index (χ0) is 35.5. The van der Waals surface area contributed by atoms with Crippen molar-refractivity contribution in [2.24, 2.45) is 0 Å². The van der Waals surface area contributed by atoms with Gasteiger partial charge in [0, 0.05) is 16.7 Å². The highest BCUT2D eigenvalue weighted by Crippen LogP contribution is 2.42. The second-order valence-corrected chi connectivity index (χ2v) is 16.1. The van der Waals surface area contributed by atoms with Crippen LogP contribution in [-0.2, 0) is 33.1 Å². The topological polar surface area (TPSA) is 87.7 Å². The lowest BCUT2D eigenvalue weighted by Crippen LogP contribution is -2.35. The molecule has 0 saturated carbocycles. The Morgan fingerprint density at radius 3 is 1.34 bits per heavy atom. The van der Waals surface area contributed by atoms with E-state index < -0.39 is 20.0 Å². The first-order chi connectivity index (χ1) is 24.0. The van der Waals surface area contributed by atoms with Crippen molar-refractivity contribution in [3.8, 4) is 11.3 Å². The maximum absolute atomic E-state index is 14.8. The molecule has 0 radical (unpaired) electrons. The average molecular weight is 702 g/mol. The first-order valence-electron chi connectivity index (χ1n) is 16.3. The Hall–Kier alpha value is -5.25. The fraction of sp³-hybridized carbons (Fsp3) is 0.146. The fourth-order valence-electron chi connectivity index (χ4n) is 6.00. The largest absolute Gasteiger partial charge is 0.265 e. The minimum Gasteiger partial charge on any atom is -0.261 e. The van der Waals surface area contributed by atoms with E-state index in [4.69, 9.17) is 4.98 Å². The van der Waals surface area contributed by atoms with Gasteiger partial charge in [-0.1, -0.05) is 126 Å². The van der Waals surface area contributed by atoms with Gasteiger partial charge in [0.25, 0.3) is 20.0 Å². The summed E-state index contributed by atoms with van der Waals surface area (Å²) in [5, 5.41) is 0. The second-order valence-electron chi connectivity index (χ2n) is 12.4. The molecule has 5 aromatic carbocycles. The van der Waals surface area contributed by atoms with Gasteiger partial charge in [0.15, 0.2) is 0 Å². The summed E-state index contributed by atoms with van der Waals surface area (Å²) >= 11 is 0. The number of pyridine rings is 1. The van der Waals surface area contributed by atoms with E-state index in [1.54, 1.807) is 55.5 Å². The average Bonchev–Trinajstić information content (AvgIpc) is 3.12. The van der Waals surface area contributed by atoms with Crippen molar-refractivity contribution in [2.75, 3.05) is 8.61 Å². The molecular weight excluding hydrogens is 663 g/mol. The number of hydrogen-bond donors (Lipinski definition) is 0. The van der Waals surface area contributed by atoms with Crippen molar-refractivity contribution in [1.82, 2.24) is 4.98 Å². The van der Waals surface area contributed by atoms with Gasteiger partial charge in [-0.05, 0) is 63.1 Å². The summed E-state index contributed by atoms with van der Waals surface area (Å²) < 4.78 is 61.7. The number of rotatable bonds is 11. The molecule has 0 bridgehead atoms. The number of nitrogens with zero attached hydrogens (tertiary/aromatic N) is 3. The zero-order valence-corrected chi connectivity index (χ0v) is 30.1. The van der Waals surface area contributed by atoms with E-state index >= 15 is 0 Å². The van der Waals surface area contributed by atoms with Gasteiger partial charge in [-0.3, -0.25) is 4.31 Å². The lowest BCUT2D eigenvalue weighted by Gasteiger charge is -2.32. The van der Waals surface area contributed by atoms with Crippen LogP contribution in [0.1, 0.15) is 33.4 Å². The van der Waals surface area contributed by atoms with Crippen LogP contribution in [0, 0.1) is 27.7 Å². The van der Waals surface area contributed by atoms with Crippen LogP contribution in [0.3, 0.4) is 0 Å². The van der Waals surface area contributed by atoms with E-state index in [1.807, 2.05) is 112 Å². The minimum atomic E-state index is -4.19. The van der Waals surface area contributed by atoms with E-state index in [0.29, 0.717) is 22.5 Å². The Morgan fingerprint density at radius 1 is 0.480 bits per heavy atom. The Labute approximate surface area is 295 Å². The third kappa shape index (κ3) is 7.06. The first-order valence-corrected chi connectivity index (χ1v) is 19.2. The molecule has 7 nitrogen and oxygen atoms in total. The van der Waals surface area contributed by atoms with E-state index in [9.17, 15) is 16.8 Å². The molecule has 0 atom stereocenters. The Kier molecular flexibility index (Phi) is 9.90. The molecule has 6 aromatic rings. The Balaban J connectivity index is 1.67. The smallest absolute Gasteiger partial charge is 0.261 e. The molecule has 50 heavy (non-hydrogen) atoms. The predicted octanol–water partition coefficient (Wildman–Crippen LogP) is 8.77. The van der Waals surface area contributed by atoms with Gasteiger partial charge in [0.1, 0.15) is 5.82 Å². The molecule has 9 heteroatoms. The third-order valence-electron chi connectivity index (χ3n) is 8.71. The van der Waals surface area contributed by atoms with Crippen LogP contribution in [0.2, 0.25) is 0 Å². The van der Waals surface area contributed by atoms with E-state index in [0.717, 1.165) is 27.8 Å². The summed E-state index contributed by atoms with van der Waals surface area (Å²) in [6.07, 6.45) is 0. The van der Waals surface area contributed by atoms with Crippen LogP contribution in [0.15, 0.2) is 149 Å². The summed E-state index contributed by atoms with van der Waals surface area (Å²) in [5.74, 6) is 0.144. The maximum atomic E-state index is 14.8. The van der Waals surface area contributed by atoms with Gasteiger partial charge in [0.2, 0.25) is 0 Å². The molecule has 0 aliphatic heterocycles. The number of hydrogen-bond acceptors (Lipinski definition) is 5. The van der Waals surface area contributed by atoms with Gasteiger partial charge in [-0.15, -0.1) is 0 Å². The summed E-state index contributed by atoms with van der Waals surface area (Å²) in [5.41, 5.74) is 5.99. The number of benzene rings is 5. The van der Waals surface area contributed by atoms with Gasteiger partial charge in [-0.25, -0.2) is 26.1 Å². The molecule has 1 aromatic heterocycles. The van der Waals surface area contributed by atoms with Crippen LogP contribution in [-0.4, -0.2) is 21.8 Å². The first kappa shape index (κ1) is 34.6. The Bertz CT molecular complexity index is 2310. The van der Waals surface area contributed by atoms with Crippen molar-refractivity contribution in [3.05, 3.63) is 173 Å². The van der Waals surface area contributed by atoms with Crippen molar-refractivity contribution in [2.45, 2.75) is 50.6 Å². The van der Waals surface area contributed by atoms with Crippen molar-refractivity contribution in [3.63, 3.8) is 0 Å². The molecule has 0 fully saturated rings. The van der Waals surface area contributed by atoms with Crippen molar-refractivity contribution < 1.29 is 16.8 Å². The van der Waals surface area contributed by atoms with Gasteiger partial charge in [0.05, 0.1) is 34.3 Å². The van der Waals surface area contributed by atoms with E-state index in [2.05, 4.69) is 0 Å². The van der Waals surface area contributed by atoms with Crippen LogP contribution in [0.4, 0.5) is 11.5 Å². The maximum Gasteiger partial charge on any atom is 0.265 e. The molecule has 1 heterocycles. The van der Waals surface area contributed by atoms with Crippen LogP contribution < -0.4 is 8.61 Å².